The van der Waals surface area contributed by atoms with Crippen LogP contribution in [0.3, 0.4) is 0 Å². The zero-order chi connectivity index (χ0) is 18.8. The highest BCUT2D eigenvalue weighted by molar-refractivity contribution is 5.97. The predicted octanol–water partition coefficient (Wildman–Crippen LogP) is 1.89. The monoisotopic (exact) mass is 365 g/mol. The van der Waals surface area contributed by atoms with E-state index in [9.17, 15) is 9.59 Å². The van der Waals surface area contributed by atoms with Crippen molar-refractivity contribution >= 4 is 22.9 Å². The Hall–Kier alpha value is -3.29. The molecular formula is C19H19N5O3. The molecule has 0 unspecified atom stereocenters. The molecule has 1 aromatic carbocycles. The first-order valence-corrected chi connectivity index (χ1v) is 8.87. The number of hydrogen-bond acceptors (Lipinski definition) is 5. The summed E-state index contributed by atoms with van der Waals surface area (Å²) in [5, 5.41) is 13.3. The number of aromatic nitrogens is 4. The summed E-state index contributed by atoms with van der Waals surface area (Å²) in [5.41, 5.74) is 3.72. The molecule has 0 atom stereocenters. The second-order valence-corrected chi connectivity index (χ2v) is 6.58. The molecular weight excluding hydrogens is 346 g/mol. The second-order valence-electron chi connectivity index (χ2n) is 6.58. The van der Waals surface area contributed by atoms with Crippen molar-refractivity contribution in [3.8, 4) is 0 Å². The van der Waals surface area contributed by atoms with Crippen molar-refractivity contribution in [1.82, 2.24) is 24.6 Å². The van der Waals surface area contributed by atoms with Crippen LogP contribution < -0.4 is 0 Å². The molecule has 0 fully saturated rings. The number of hydrogen-bond donors (Lipinski definition) is 1. The van der Waals surface area contributed by atoms with E-state index in [0.717, 1.165) is 29.9 Å². The molecule has 0 bridgehead atoms. The van der Waals surface area contributed by atoms with Crippen molar-refractivity contribution in [2.75, 3.05) is 6.54 Å². The van der Waals surface area contributed by atoms with E-state index in [-0.39, 0.29) is 12.3 Å². The van der Waals surface area contributed by atoms with Crippen LogP contribution in [0.2, 0.25) is 0 Å². The molecule has 3 heterocycles. The second kappa shape index (κ2) is 7.14. The summed E-state index contributed by atoms with van der Waals surface area (Å²) in [6.07, 6.45) is 4.48. The third kappa shape index (κ3) is 3.64. The molecule has 3 aromatic rings. The predicted molar refractivity (Wildman–Crippen MR) is 97.1 cm³/mol. The number of fused-ring (bicyclic) bond motifs is 2. The van der Waals surface area contributed by atoms with Gasteiger partial charge in [0.25, 0.3) is 5.91 Å². The van der Waals surface area contributed by atoms with Crippen LogP contribution in [-0.2, 0) is 24.3 Å². The van der Waals surface area contributed by atoms with Crippen molar-refractivity contribution in [1.29, 1.82) is 0 Å². The number of aliphatic carboxylic acids is 1. The molecule has 1 N–H and O–H groups in total. The van der Waals surface area contributed by atoms with Gasteiger partial charge in [-0.25, -0.2) is 0 Å². The van der Waals surface area contributed by atoms with Gasteiger partial charge in [0, 0.05) is 37.5 Å². The third-order valence-electron chi connectivity index (χ3n) is 4.66. The van der Waals surface area contributed by atoms with Crippen LogP contribution in [0.5, 0.6) is 0 Å². The van der Waals surface area contributed by atoms with Crippen molar-refractivity contribution in [2.45, 2.75) is 32.4 Å². The number of benzene rings is 1. The molecule has 0 spiro atoms. The minimum Gasteiger partial charge on any atom is -0.481 e. The summed E-state index contributed by atoms with van der Waals surface area (Å²) in [5.74, 6) is -0.890. The van der Waals surface area contributed by atoms with Gasteiger partial charge in [0.2, 0.25) is 0 Å². The Morgan fingerprint density at radius 3 is 2.70 bits per heavy atom. The standard InChI is InChI=1S/C19H19N5O3/c25-18(26)5-3-14-11-15-12-23(8-1-9-24(15)22-14)19(27)13-2-4-16-17(10-13)21-7-6-20-16/h2,4,6-7,10-11H,1,3,5,8-9,12H2,(H,25,26). The first-order valence-electron chi connectivity index (χ1n) is 8.87. The quantitative estimate of drug-likeness (QED) is 0.758. The van der Waals surface area contributed by atoms with E-state index in [4.69, 9.17) is 5.11 Å². The molecule has 4 rings (SSSR count). The minimum absolute atomic E-state index is 0.0516. The maximum absolute atomic E-state index is 13.0. The molecule has 0 saturated carbocycles. The first-order chi connectivity index (χ1) is 13.1. The third-order valence-corrected chi connectivity index (χ3v) is 4.66. The maximum Gasteiger partial charge on any atom is 0.303 e. The smallest absolute Gasteiger partial charge is 0.303 e. The van der Waals surface area contributed by atoms with Crippen molar-refractivity contribution < 1.29 is 14.7 Å². The lowest BCUT2D eigenvalue weighted by molar-refractivity contribution is -0.136. The molecule has 27 heavy (non-hydrogen) atoms. The van der Waals surface area contributed by atoms with Gasteiger partial charge < -0.3 is 10.0 Å². The fourth-order valence-electron chi connectivity index (χ4n) is 3.33. The molecule has 0 radical (unpaired) electrons. The van der Waals surface area contributed by atoms with Gasteiger partial charge in [-0.2, -0.15) is 5.10 Å². The Balaban J connectivity index is 1.54. The van der Waals surface area contributed by atoms with Gasteiger partial charge in [-0.05, 0) is 30.7 Å². The van der Waals surface area contributed by atoms with Crippen molar-refractivity contribution in [2.24, 2.45) is 0 Å². The summed E-state index contributed by atoms with van der Waals surface area (Å²) in [4.78, 5) is 34.1. The zero-order valence-electron chi connectivity index (χ0n) is 14.7. The number of carbonyl (C=O) groups excluding carboxylic acids is 1. The number of nitrogens with zero attached hydrogens (tertiary/aromatic N) is 5. The van der Waals surface area contributed by atoms with E-state index >= 15 is 0 Å². The van der Waals surface area contributed by atoms with E-state index in [1.54, 1.807) is 29.4 Å². The van der Waals surface area contributed by atoms with E-state index in [1.807, 2.05) is 16.8 Å². The van der Waals surface area contributed by atoms with Crippen LogP contribution in [0.25, 0.3) is 11.0 Å². The van der Waals surface area contributed by atoms with Gasteiger partial charge in [0.1, 0.15) is 0 Å². The van der Waals surface area contributed by atoms with Gasteiger partial charge in [-0.3, -0.25) is 24.2 Å². The zero-order valence-corrected chi connectivity index (χ0v) is 14.7. The summed E-state index contributed by atoms with van der Waals surface area (Å²) in [7, 11) is 0. The van der Waals surface area contributed by atoms with E-state index in [0.29, 0.717) is 30.6 Å². The molecule has 2 aromatic heterocycles. The summed E-state index contributed by atoms with van der Waals surface area (Å²) in [6.45, 7) is 1.82. The van der Waals surface area contributed by atoms with Crippen LogP contribution in [0, 0.1) is 0 Å². The molecule has 8 nitrogen and oxygen atoms in total. The summed E-state index contributed by atoms with van der Waals surface area (Å²) >= 11 is 0. The Labute approximate surface area is 155 Å². The van der Waals surface area contributed by atoms with Gasteiger partial charge in [0.05, 0.1) is 35.4 Å². The van der Waals surface area contributed by atoms with E-state index in [2.05, 4.69) is 15.1 Å². The van der Waals surface area contributed by atoms with Crippen molar-refractivity contribution in [3.05, 3.63) is 53.6 Å². The summed E-state index contributed by atoms with van der Waals surface area (Å²) in [6, 6.07) is 7.26. The molecule has 1 amide bonds. The topological polar surface area (TPSA) is 101 Å². The highest BCUT2D eigenvalue weighted by atomic mass is 16.4. The Bertz CT molecular complexity index is 1010. The lowest BCUT2D eigenvalue weighted by Crippen LogP contribution is -2.30. The number of amides is 1. The Morgan fingerprint density at radius 1 is 1.07 bits per heavy atom. The normalized spacial score (nSPS) is 14.0. The van der Waals surface area contributed by atoms with Crippen LogP contribution in [0.1, 0.15) is 34.6 Å². The van der Waals surface area contributed by atoms with Crippen molar-refractivity contribution in [3.63, 3.8) is 0 Å². The van der Waals surface area contributed by atoms with Crippen LogP contribution in [0.15, 0.2) is 36.7 Å². The number of rotatable bonds is 4. The molecule has 1 aliphatic rings. The Morgan fingerprint density at radius 2 is 1.89 bits per heavy atom. The van der Waals surface area contributed by atoms with Gasteiger partial charge in [-0.15, -0.1) is 0 Å². The van der Waals surface area contributed by atoms with Crippen LogP contribution in [0.4, 0.5) is 0 Å². The molecule has 0 aliphatic carbocycles. The SMILES string of the molecule is O=C(O)CCc1cc2n(n1)CCCN(C(=O)c1ccc3nccnc3c1)C2. The van der Waals surface area contributed by atoms with E-state index in [1.165, 1.54) is 0 Å². The minimum atomic E-state index is -0.839. The fraction of sp³-hybridized carbons (Fsp3) is 0.316. The number of aryl methyl sites for hydroxylation is 2. The van der Waals surface area contributed by atoms with Gasteiger partial charge in [0.15, 0.2) is 0 Å². The van der Waals surface area contributed by atoms with Gasteiger partial charge >= 0.3 is 5.97 Å². The average Bonchev–Trinajstić information content (AvgIpc) is 2.95. The Kier molecular flexibility index (Phi) is 4.53. The average molecular weight is 365 g/mol. The van der Waals surface area contributed by atoms with Gasteiger partial charge in [-0.1, -0.05) is 0 Å². The number of carboxylic acids is 1. The highest BCUT2D eigenvalue weighted by Crippen LogP contribution is 2.19. The first kappa shape index (κ1) is 17.1. The molecule has 138 valence electrons. The number of carbonyl (C=O) groups is 2. The number of carboxylic acid groups (broad SMARTS) is 1. The van der Waals surface area contributed by atoms with Crippen LogP contribution in [-0.4, -0.2) is 48.2 Å². The van der Waals surface area contributed by atoms with Crippen LogP contribution >= 0.6 is 0 Å². The molecule has 8 heteroatoms. The maximum atomic E-state index is 13.0. The van der Waals surface area contributed by atoms with E-state index < -0.39 is 5.97 Å². The fourth-order valence-corrected chi connectivity index (χ4v) is 3.33. The molecule has 1 aliphatic heterocycles. The highest BCUT2D eigenvalue weighted by Gasteiger charge is 2.22. The lowest BCUT2D eigenvalue weighted by Gasteiger charge is -2.20. The molecule has 0 saturated heterocycles. The largest absolute Gasteiger partial charge is 0.481 e. The summed E-state index contributed by atoms with van der Waals surface area (Å²) < 4.78 is 1.89. The lowest BCUT2D eigenvalue weighted by atomic mass is 10.1.